The lowest BCUT2D eigenvalue weighted by Gasteiger charge is -2.15. The quantitative estimate of drug-likeness (QED) is 0.679. The highest BCUT2D eigenvalue weighted by Crippen LogP contribution is 2.23. The molecule has 30 heavy (non-hydrogen) atoms. The van der Waals surface area contributed by atoms with Gasteiger partial charge in [0, 0.05) is 13.2 Å². The van der Waals surface area contributed by atoms with Gasteiger partial charge in [-0.1, -0.05) is 32.0 Å². The Morgan fingerprint density at radius 3 is 2.60 bits per heavy atom. The molecular weight excluding hydrogens is 380 g/mol. The Labute approximate surface area is 176 Å². The zero-order valence-electron chi connectivity index (χ0n) is 17.9. The van der Waals surface area contributed by atoms with Gasteiger partial charge in [-0.2, -0.15) is 0 Å². The molecule has 8 nitrogen and oxygen atoms in total. The summed E-state index contributed by atoms with van der Waals surface area (Å²) in [6.07, 6.45) is 1.62. The number of aryl methyl sites for hydroxylation is 2. The minimum Gasteiger partial charge on any atom is -0.330 e. The molecule has 8 heteroatoms. The Bertz CT molecular complexity index is 1070. The Balaban J connectivity index is 1.74. The van der Waals surface area contributed by atoms with Crippen LogP contribution in [0.15, 0.2) is 42.6 Å². The van der Waals surface area contributed by atoms with Crippen molar-refractivity contribution in [1.29, 1.82) is 0 Å². The molecule has 3 aromatic rings. The first-order valence-electron chi connectivity index (χ1n) is 9.77. The summed E-state index contributed by atoms with van der Waals surface area (Å²) in [4.78, 5) is 34.8. The molecule has 0 aliphatic heterocycles. The van der Waals surface area contributed by atoms with E-state index in [9.17, 15) is 9.59 Å². The number of pyridine rings is 1. The molecule has 0 radical (unpaired) electrons. The van der Waals surface area contributed by atoms with Crippen molar-refractivity contribution < 1.29 is 9.59 Å². The zero-order valence-corrected chi connectivity index (χ0v) is 17.9. The first-order chi connectivity index (χ1) is 14.3. The van der Waals surface area contributed by atoms with Crippen LogP contribution in [-0.2, 0) is 4.79 Å². The second-order valence-electron chi connectivity index (χ2n) is 7.54. The minimum absolute atomic E-state index is 0.0510. The number of amides is 2. The SMILES string of the molecule is Cc1ccnc(NC(=O)CN(C)C(=O)c2nc(C)n(-c3ccccc3C(C)C)n2)c1. The standard InChI is InChI=1S/C22H26N6O2/c1-14(2)17-8-6-7-9-18(17)28-16(4)24-21(26-28)22(30)27(5)13-20(29)25-19-12-15(3)10-11-23-19/h6-12,14H,13H2,1-5H3,(H,23,25,29). The van der Waals surface area contributed by atoms with E-state index in [0.29, 0.717) is 17.6 Å². The van der Waals surface area contributed by atoms with Gasteiger partial charge in [-0.05, 0) is 49.1 Å². The van der Waals surface area contributed by atoms with Crippen molar-refractivity contribution in [1.82, 2.24) is 24.6 Å². The summed E-state index contributed by atoms with van der Waals surface area (Å²) >= 11 is 0. The van der Waals surface area contributed by atoms with E-state index < -0.39 is 5.91 Å². The predicted molar refractivity (Wildman–Crippen MR) is 115 cm³/mol. The minimum atomic E-state index is -0.425. The van der Waals surface area contributed by atoms with Crippen LogP contribution in [0.2, 0.25) is 0 Å². The number of para-hydroxylation sites is 1. The van der Waals surface area contributed by atoms with Crippen LogP contribution < -0.4 is 5.32 Å². The lowest BCUT2D eigenvalue weighted by atomic mass is 10.0. The molecule has 0 spiro atoms. The monoisotopic (exact) mass is 406 g/mol. The third kappa shape index (κ3) is 4.71. The van der Waals surface area contributed by atoms with E-state index in [2.05, 4.69) is 34.2 Å². The van der Waals surface area contributed by atoms with Gasteiger partial charge in [0.25, 0.3) is 5.91 Å². The largest absolute Gasteiger partial charge is 0.330 e. The fraction of sp³-hybridized carbons (Fsp3) is 0.318. The topological polar surface area (TPSA) is 93.0 Å². The van der Waals surface area contributed by atoms with E-state index in [1.807, 2.05) is 37.3 Å². The average Bonchev–Trinajstić information content (AvgIpc) is 3.08. The number of nitrogens with zero attached hydrogens (tertiary/aromatic N) is 5. The van der Waals surface area contributed by atoms with Crippen LogP contribution in [0.3, 0.4) is 0 Å². The molecule has 1 N–H and O–H groups in total. The highest BCUT2D eigenvalue weighted by atomic mass is 16.2. The molecule has 3 rings (SSSR count). The van der Waals surface area contributed by atoms with E-state index >= 15 is 0 Å². The highest BCUT2D eigenvalue weighted by Gasteiger charge is 2.22. The first-order valence-corrected chi connectivity index (χ1v) is 9.77. The average molecular weight is 406 g/mol. The number of hydrogen-bond acceptors (Lipinski definition) is 5. The van der Waals surface area contributed by atoms with E-state index in [1.165, 1.54) is 4.90 Å². The third-order valence-electron chi connectivity index (χ3n) is 4.66. The number of aromatic nitrogens is 4. The second-order valence-corrected chi connectivity index (χ2v) is 7.54. The molecule has 0 aliphatic carbocycles. The van der Waals surface area contributed by atoms with Crippen LogP contribution >= 0.6 is 0 Å². The van der Waals surface area contributed by atoms with Gasteiger partial charge < -0.3 is 10.2 Å². The summed E-state index contributed by atoms with van der Waals surface area (Å²) < 4.78 is 1.67. The van der Waals surface area contributed by atoms with Gasteiger partial charge >= 0.3 is 0 Å². The summed E-state index contributed by atoms with van der Waals surface area (Å²) in [6, 6.07) is 11.5. The molecule has 0 fully saturated rings. The van der Waals surface area contributed by atoms with Crippen LogP contribution in [0.5, 0.6) is 0 Å². The highest BCUT2D eigenvalue weighted by molar-refractivity contribution is 5.97. The third-order valence-corrected chi connectivity index (χ3v) is 4.66. The van der Waals surface area contributed by atoms with Gasteiger partial charge in [0.05, 0.1) is 5.69 Å². The predicted octanol–water partition coefficient (Wildman–Crippen LogP) is 3.11. The molecule has 0 atom stereocenters. The van der Waals surface area contributed by atoms with E-state index in [4.69, 9.17) is 0 Å². The maximum atomic E-state index is 12.8. The molecule has 0 saturated carbocycles. The number of anilines is 1. The van der Waals surface area contributed by atoms with Gasteiger partial charge in [0.1, 0.15) is 18.2 Å². The lowest BCUT2D eigenvalue weighted by molar-refractivity contribution is -0.116. The van der Waals surface area contributed by atoms with Gasteiger partial charge in [0.2, 0.25) is 11.7 Å². The molecule has 0 aliphatic rings. The molecule has 2 amide bonds. The van der Waals surface area contributed by atoms with Crippen LogP contribution in [0.1, 0.15) is 47.3 Å². The molecule has 0 saturated heterocycles. The summed E-state index contributed by atoms with van der Waals surface area (Å²) in [5.74, 6) is 0.634. The van der Waals surface area contributed by atoms with Gasteiger partial charge in [0.15, 0.2) is 0 Å². The number of carbonyl (C=O) groups excluding carboxylic acids is 2. The van der Waals surface area contributed by atoms with Gasteiger partial charge in [-0.25, -0.2) is 14.6 Å². The zero-order chi connectivity index (χ0) is 21.8. The first kappa shape index (κ1) is 21.2. The van der Waals surface area contributed by atoms with Crippen molar-refractivity contribution in [3.05, 3.63) is 65.4 Å². The number of hydrogen-bond donors (Lipinski definition) is 1. The Hall–Kier alpha value is -3.55. The molecule has 0 unspecified atom stereocenters. The Kier molecular flexibility index (Phi) is 6.25. The molecular formula is C22H26N6O2. The Morgan fingerprint density at radius 1 is 1.17 bits per heavy atom. The summed E-state index contributed by atoms with van der Waals surface area (Å²) in [5, 5.41) is 7.11. The normalized spacial score (nSPS) is 10.9. The van der Waals surface area contributed by atoms with Crippen LogP contribution in [0, 0.1) is 13.8 Å². The van der Waals surface area contributed by atoms with Crippen molar-refractivity contribution in [2.24, 2.45) is 0 Å². The van der Waals surface area contributed by atoms with Crippen molar-refractivity contribution in [2.75, 3.05) is 18.9 Å². The maximum absolute atomic E-state index is 12.8. The van der Waals surface area contributed by atoms with E-state index in [1.54, 1.807) is 30.9 Å². The molecule has 2 heterocycles. The van der Waals surface area contributed by atoms with Crippen LogP contribution in [0.4, 0.5) is 5.82 Å². The smallest absolute Gasteiger partial charge is 0.293 e. The number of nitrogens with one attached hydrogen (secondary N) is 1. The summed E-state index contributed by atoms with van der Waals surface area (Å²) in [5.41, 5.74) is 2.99. The maximum Gasteiger partial charge on any atom is 0.293 e. The van der Waals surface area contributed by atoms with Crippen LogP contribution in [-0.4, -0.2) is 50.1 Å². The van der Waals surface area contributed by atoms with Crippen molar-refractivity contribution in [3.63, 3.8) is 0 Å². The van der Waals surface area contributed by atoms with Crippen molar-refractivity contribution in [2.45, 2.75) is 33.6 Å². The molecule has 156 valence electrons. The van der Waals surface area contributed by atoms with Crippen molar-refractivity contribution in [3.8, 4) is 5.69 Å². The van der Waals surface area contributed by atoms with Gasteiger partial charge in [-0.15, -0.1) is 5.10 Å². The summed E-state index contributed by atoms with van der Waals surface area (Å²) in [6.45, 7) is 7.79. The molecule has 0 bridgehead atoms. The van der Waals surface area contributed by atoms with Crippen molar-refractivity contribution >= 4 is 17.6 Å². The van der Waals surface area contributed by atoms with E-state index in [0.717, 1.165) is 16.8 Å². The summed E-state index contributed by atoms with van der Waals surface area (Å²) in [7, 11) is 1.55. The molecule has 2 aromatic heterocycles. The van der Waals surface area contributed by atoms with Crippen LogP contribution in [0.25, 0.3) is 5.69 Å². The number of likely N-dealkylation sites (N-methyl/N-ethyl adjacent to an activating group) is 1. The number of benzene rings is 1. The second kappa shape index (κ2) is 8.86. The van der Waals surface area contributed by atoms with Gasteiger partial charge in [-0.3, -0.25) is 9.59 Å². The van der Waals surface area contributed by atoms with E-state index in [-0.39, 0.29) is 18.3 Å². The number of rotatable bonds is 6. The fourth-order valence-electron chi connectivity index (χ4n) is 3.12. The lowest BCUT2D eigenvalue weighted by Crippen LogP contribution is -2.35. The molecule has 1 aromatic carbocycles. The Morgan fingerprint density at radius 2 is 1.90 bits per heavy atom. The number of carbonyl (C=O) groups is 2. The fourth-order valence-corrected chi connectivity index (χ4v) is 3.12.